The van der Waals surface area contributed by atoms with Crippen LogP contribution < -0.4 is 5.32 Å². The van der Waals surface area contributed by atoms with Gasteiger partial charge in [-0.15, -0.1) is 0 Å². The molecule has 1 aliphatic rings. The molecule has 17 heavy (non-hydrogen) atoms. The van der Waals surface area contributed by atoms with Crippen molar-refractivity contribution < 1.29 is 0 Å². The zero-order valence-corrected chi connectivity index (χ0v) is 11.6. The fraction of sp³-hybridized carbons (Fsp3) is 0.571. The number of thioether (sulfide) groups is 1. The first-order valence-corrected chi connectivity index (χ1v) is 7.68. The Balaban J connectivity index is 2.05. The second-order valence-electron chi connectivity index (χ2n) is 4.71. The van der Waals surface area contributed by atoms with Crippen molar-refractivity contribution in [2.75, 3.05) is 32.1 Å². The molecule has 1 heterocycles. The monoisotopic (exact) mass is 250 g/mol. The molecule has 0 bridgehead atoms. The van der Waals surface area contributed by atoms with Crippen LogP contribution in [0.1, 0.15) is 16.7 Å². The molecular formula is C14H22N2S. The average molecular weight is 250 g/mol. The van der Waals surface area contributed by atoms with Crippen LogP contribution in [0.5, 0.6) is 0 Å². The van der Waals surface area contributed by atoms with E-state index in [9.17, 15) is 0 Å². The molecule has 94 valence electrons. The molecule has 0 radical (unpaired) electrons. The first kappa shape index (κ1) is 12.9. The van der Waals surface area contributed by atoms with E-state index in [0.29, 0.717) is 0 Å². The highest BCUT2D eigenvalue weighted by Crippen LogP contribution is 2.19. The van der Waals surface area contributed by atoms with Crippen LogP contribution in [-0.2, 0) is 19.5 Å². The number of nitrogens with one attached hydrogen (secondary N) is 1. The predicted molar refractivity (Wildman–Crippen MR) is 76.6 cm³/mol. The third-order valence-electron chi connectivity index (χ3n) is 3.35. The standard InChI is InChI=1S/C14H22N2S/c1-16(8-9-17-2)11-13-5-3-4-12-10-15-7-6-14(12)13/h3-5,15H,6-11H2,1-2H3. The Hall–Kier alpha value is -0.510. The largest absolute Gasteiger partial charge is 0.312 e. The highest BCUT2D eigenvalue weighted by atomic mass is 32.2. The Labute approximate surface area is 109 Å². The molecule has 1 aliphatic heterocycles. The van der Waals surface area contributed by atoms with Gasteiger partial charge in [0, 0.05) is 25.4 Å². The summed E-state index contributed by atoms with van der Waals surface area (Å²) in [5, 5.41) is 3.44. The molecule has 1 aromatic carbocycles. The molecule has 0 spiro atoms. The van der Waals surface area contributed by atoms with E-state index in [-0.39, 0.29) is 0 Å². The lowest BCUT2D eigenvalue weighted by atomic mass is 9.95. The van der Waals surface area contributed by atoms with E-state index < -0.39 is 0 Å². The van der Waals surface area contributed by atoms with Gasteiger partial charge in [-0.2, -0.15) is 11.8 Å². The summed E-state index contributed by atoms with van der Waals surface area (Å²) in [6.07, 6.45) is 3.35. The van der Waals surface area contributed by atoms with Gasteiger partial charge in [-0.25, -0.2) is 0 Å². The van der Waals surface area contributed by atoms with Crippen LogP contribution in [0, 0.1) is 0 Å². The SMILES string of the molecule is CSCCN(C)Cc1cccc2c1CCNC2. The number of benzene rings is 1. The molecule has 0 unspecified atom stereocenters. The van der Waals surface area contributed by atoms with Gasteiger partial charge in [-0.1, -0.05) is 18.2 Å². The van der Waals surface area contributed by atoms with E-state index in [1.165, 1.54) is 29.8 Å². The summed E-state index contributed by atoms with van der Waals surface area (Å²) in [7, 11) is 2.22. The van der Waals surface area contributed by atoms with Crippen LogP contribution >= 0.6 is 11.8 Å². The van der Waals surface area contributed by atoms with E-state index in [1.54, 1.807) is 5.56 Å². The zero-order valence-electron chi connectivity index (χ0n) is 10.8. The van der Waals surface area contributed by atoms with Crippen LogP contribution in [0.3, 0.4) is 0 Å². The molecule has 1 N–H and O–H groups in total. The number of rotatable bonds is 5. The maximum atomic E-state index is 3.44. The summed E-state index contributed by atoms with van der Waals surface area (Å²) < 4.78 is 0. The van der Waals surface area contributed by atoms with Crippen LogP contribution in [0.25, 0.3) is 0 Å². The van der Waals surface area contributed by atoms with E-state index in [1.807, 2.05) is 11.8 Å². The highest BCUT2D eigenvalue weighted by molar-refractivity contribution is 7.98. The third kappa shape index (κ3) is 3.47. The van der Waals surface area contributed by atoms with Gasteiger partial charge < -0.3 is 10.2 Å². The molecule has 3 heteroatoms. The molecule has 0 aliphatic carbocycles. The molecule has 0 saturated heterocycles. The maximum absolute atomic E-state index is 3.44. The lowest BCUT2D eigenvalue weighted by Crippen LogP contribution is -2.27. The van der Waals surface area contributed by atoms with Gasteiger partial charge in [0.15, 0.2) is 0 Å². The Bertz CT molecular complexity index is 365. The van der Waals surface area contributed by atoms with Gasteiger partial charge >= 0.3 is 0 Å². The van der Waals surface area contributed by atoms with Crippen LogP contribution in [-0.4, -0.2) is 37.0 Å². The summed E-state index contributed by atoms with van der Waals surface area (Å²) in [6.45, 7) is 4.42. The van der Waals surface area contributed by atoms with Crippen LogP contribution in [0.4, 0.5) is 0 Å². The Kier molecular flexibility index (Phi) is 4.89. The minimum atomic E-state index is 1.04. The second-order valence-corrected chi connectivity index (χ2v) is 5.70. The number of hydrogen-bond donors (Lipinski definition) is 1. The van der Waals surface area contributed by atoms with E-state index in [2.05, 4.69) is 41.7 Å². The van der Waals surface area contributed by atoms with Crippen molar-refractivity contribution in [2.45, 2.75) is 19.5 Å². The molecule has 0 saturated carbocycles. The normalized spacial score (nSPS) is 15.0. The summed E-state index contributed by atoms with van der Waals surface area (Å²) >= 11 is 1.92. The van der Waals surface area contributed by atoms with E-state index >= 15 is 0 Å². The van der Waals surface area contributed by atoms with E-state index in [4.69, 9.17) is 0 Å². The highest BCUT2D eigenvalue weighted by Gasteiger charge is 2.13. The van der Waals surface area contributed by atoms with Crippen molar-refractivity contribution in [1.82, 2.24) is 10.2 Å². The smallest absolute Gasteiger partial charge is 0.0233 e. The van der Waals surface area contributed by atoms with Gasteiger partial charge in [0.2, 0.25) is 0 Å². The van der Waals surface area contributed by atoms with Gasteiger partial charge in [-0.3, -0.25) is 0 Å². The van der Waals surface area contributed by atoms with Crippen molar-refractivity contribution in [3.05, 3.63) is 34.9 Å². The molecule has 0 atom stereocenters. The Morgan fingerprint density at radius 1 is 1.41 bits per heavy atom. The second kappa shape index (κ2) is 6.43. The molecule has 2 nitrogen and oxygen atoms in total. The topological polar surface area (TPSA) is 15.3 Å². The third-order valence-corrected chi connectivity index (χ3v) is 3.95. The first-order chi connectivity index (χ1) is 8.31. The number of hydrogen-bond acceptors (Lipinski definition) is 3. The van der Waals surface area contributed by atoms with Crippen molar-refractivity contribution >= 4 is 11.8 Å². The average Bonchev–Trinajstić information content (AvgIpc) is 2.37. The van der Waals surface area contributed by atoms with Gasteiger partial charge in [0.05, 0.1) is 0 Å². The lowest BCUT2D eigenvalue weighted by molar-refractivity contribution is 0.347. The van der Waals surface area contributed by atoms with Crippen LogP contribution in [0.2, 0.25) is 0 Å². The maximum Gasteiger partial charge on any atom is 0.0233 e. The zero-order chi connectivity index (χ0) is 12.1. The minimum absolute atomic E-state index is 1.04. The Morgan fingerprint density at radius 3 is 3.12 bits per heavy atom. The molecular weight excluding hydrogens is 228 g/mol. The van der Waals surface area contributed by atoms with Crippen molar-refractivity contribution in [3.63, 3.8) is 0 Å². The predicted octanol–water partition coefficient (Wildman–Crippen LogP) is 2.13. The Morgan fingerprint density at radius 2 is 2.29 bits per heavy atom. The minimum Gasteiger partial charge on any atom is -0.312 e. The summed E-state index contributed by atoms with van der Waals surface area (Å²) in [4.78, 5) is 2.42. The number of fused-ring (bicyclic) bond motifs is 1. The lowest BCUT2D eigenvalue weighted by Gasteiger charge is -2.23. The molecule has 0 aromatic heterocycles. The van der Waals surface area contributed by atoms with E-state index in [0.717, 1.165) is 19.6 Å². The summed E-state index contributed by atoms with van der Waals surface area (Å²) in [6, 6.07) is 6.75. The molecule has 1 aromatic rings. The summed E-state index contributed by atoms with van der Waals surface area (Å²) in [5.41, 5.74) is 4.60. The quantitative estimate of drug-likeness (QED) is 0.862. The van der Waals surface area contributed by atoms with Gasteiger partial charge in [0.25, 0.3) is 0 Å². The van der Waals surface area contributed by atoms with Crippen LogP contribution in [0.15, 0.2) is 18.2 Å². The van der Waals surface area contributed by atoms with Crippen molar-refractivity contribution in [3.8, 4) is 0 Å². The van der Waals surface area contributed by atoms with Crippen molar-refractivity contribution in [2.24, 2.45) is 0 Å². The fourth-order valence-corrected chi connectivity index (χ4v) is 2.87. The summed E-state index contributed by atoms with van der Waals surface area (Å²) in [5.74, 6) is 1.22. The molecule has 0 amide bonds. The number of nitrogens with zero attached hydrogens (tertiary/aromatic N) is 1. The molecule has 0 fully saturated rings. The van der Waals surface area contributed by atoms with Gasteiger partial charge in [0.1, 0.15) is 0 Å². The van der Waals surface area contributed by atoms with Gasteiger partial charge in [-0.05, 0) is 43.0 Å². The van der Waals surface area contributed by atoms with Crippen molar-refractivity contribution in [1.29, 1.82) is 0 Å². The fourth-order valence-electron chi connectivity index (χ4n) is 2.38. The molecule has 2 rings (SSSR count). The first-order valence-electron chi connectivity index (χ1n) is 6.29.